The molecule has 0 fully saturated rings. The van der Waals surface area contributed by atoms with E-state index < -0.39 is 0 Å². The number of nitrogens with one attached hydrogen (secondary N) is 1. The van der Waals surface area contributed by atoms with Gasteiger partial charge in [-0.15, -0.1) is 0 Å². The maximum absolute atomic E-state index is 13.0. The second-order valence-electron chi connectivity index (χ2n) is 8.36. The van der Waals surface area contributed by atoms with E-state index in [1.54, 1.807) is 0 Å². The number of allylic oxidation sites excluding steroid dienone is 2. The van der Waals surface area contributed by atoms with Gasteiger partial charge in [-0.2, -0.15) is 0 Å². The zero-order chi connectivity index (χ0) is 21.5. The molecule has 1 atom stereocenters. The van der Waals surface area contributed by atoms with Crippen molar-refractivity contribution in [3.05, 3.63) is 94.7 Å². The number of carbonyl (C=O) groups is 1. The molecule has 1 aliphatic carbocycles. The Morgan fingerprint density at radius 2 is 1.72 bits per heavy atom. The average molecular weight is 425 g/mol. The zero-order valence-electron chi connectivity index (χ0n) is 17.6. The van der Waals surface area contributed by atoms with Crippen molar-refractivity contribution in [2.75, 3.05) is 12.1 Å². The fourth-order valence-corrected chi connectivity index (χ4v) is 4.79. The van der Waals surface area contributed by atoms with E-state index in [-0.39, 0.29) is 18.5 Å². The van der Waals surface area contributed by atoms with Gasteiger partial charge in [0.1, 0.15) is 12.4 Å². The van der Waals surface area contributed by atoms with Gasteiger partial charge in [-0.25, -0.2) is 0 Å². The van der Waals surface area contributed by atoms with Crippen molar-refractivity contribution >= 4 is 11.5 Å². The lowest BCUT2D eigenvalue weighted by molar-refractivity contribution is -0.116. The molecule has 0 radical (unpaired) electrons. The SMILES string of the molecule is O=C1CCCC2=C1C(c1ccc(OCc3ccccc3)cc1)c1cc3c(cc1N2)OCO3. The molecular formula is C27H23NO4. The first kappa shape index (κ1) is 19.0. The Hall–Kier alpha value is -3.73. The Morgan fingerprint density at radius 3 is 2.53 bits per heavy atom. The number of carbonyl (C=O) groups excluding carboxylic acids is 1. The van der Waals surface area contributed by atoms with Crippen LogP contribution in [0.2, 0.25) is 0 Å². The van der Waals surface area contributed by atoms with E-state index in [1.165, 1.54) is 0 Å². The molecule has 2 heterocycles. The first-order valence-electron chi connectivity index (χ1n) is 11.0. The highest BCUT2D eigenvalue weighted by Gasteiger charge is 2.36. The fraction of sp³-hybridized carbons (Fsp3) is 0.222. The van der Waals surface area contributed by atoms with E-state index in [0.29, 0.717) is 13.0 Å². The van der Waals surface area contributed by atoms with E-state index in [1.807, 2.05) is 54.6 Å². The lowest BCUT2D eigenvalue weighted by Gasteiger charge is -2.34. The van der Waals surface area contributed by atoms with E-state index in [9.17, 15) is 4.79 Å². The third-order valence-corrected chi connectivity index (χ3v) is 6.35. The molecule has 1 N–H and O–H groups in total. The maximum atomic E-state index is 13.0. The second kappa shape index (κ2) is 7.75. The number of hydrogen-bond acceptors (Lipinski definition) is 5. The number of benzene rings is 3. The normalized spacial score (nSPS) is 18.6. The van der Waals surface area contributed by atoms with Crippen molar-refractivity contribution in [3.63, 3.8) is 0 Å². The summed E-state index contributed by atoms with van der Waals surface area (Å²) in [6.45, 7) is 0.746. The summed E-state index contributed by atoms with van der Waals surface area (Å²) in [5, 5.41) is 3.51. The minimum atomic E-state index is -0.133. The summed E-state index contributed by atoms with van der Waals surface area (Å²) >= 11 is 0. The Balaban J connectivity index is 1.35. The standard InChI is InChI=1S/C27H23NO4/c29-23-8-4-7-21-27(23)26(20-13-24-25(32-16-31-24)14-22(20)28-21)18-9-11-19(12-10-18)30-15-17-5-2-1-3-6-17/h1-3,5-6,9-14,26,28H,4,7-8,15-16H2. The van der Waals surface area contributed by atoms with Crippen molar-refractivity contribution in [1.82, 2.24) is 0 Å². The van der Waals surface area contributed by atoms with Crippen LogP contribution in [0.3, 0.4) is 0 Å². The minimum Gasteiger partial charge on any atom is -0.489 e. The van der Waals surface area contributed by atoms with Crippen LogP contribution in [0.4, 0.5) is 5.69 Å². The number of ether oxygens (including phenoxy) is 3. The van der Waals surface area contributed by atoms with Crippen LogP contribution in [0.1, 0.15) is 41.9 Å². The Bertz CT molecular complexity index is 1210. The summed E-state index contributed by atoms with van der Waals surface area (Å²) in [4.78, 5) is 13.0. The Labute approximate surface area is 186 Å². The van der Waals surface area contributed by atoms with Crippen LogP contribution < -0.4 is 19.5 Å². The van der Waals surface area contributed by atoms with Crippen LogP contribution in [0.15, 0.2) is 78.0 Å². The first-order chi connectivity index (χ1) is 15.8. The van der Waals surface area contributed by atoms with Gasteiger partial charge in [-0.05, 0) is 47.7 Å². The highest BCUT2D eigenvalue weighted by Crippen LogP contribution is 2.49. The third kappa shape index (κ3) is 3.30. The highest BCUT2D eigenvalue weighted by molar-refractivity contribution is 6.01. The van der Waals surface area contributed by atoms with Gasteiger partial charge < -0.3 is 19.5 Å². The van der Waals surface area contributed by atoms with Gasteiger partial charge in [-0.1, -0.05) is 42.5 Å². The Kier molecular flexibility index (Phi) is 4.60. The van der Waals surface area contributed by atoms with Gasteiger partial charge in [0, 0.05) is 35.4 Å². The third-order valence-electron chi connectivity index (χ3n) is 6.35. The number of Topliss-reactive ketones (excluding diaryl/α,β-unsaturated/α-hetero) is 1. The molecule has 0 saturated heterocycles. The number of fused-ring (bicyclic) bond motifs is 2. The molecule has 160 valence electrons. The van der Waals surface area contributed by atoms with Crippen LogP contribution in [0.5, 0.6) is 17.2 Å². The van der Waals surface area contributed by atoms with Gasteiger partial charge in [-0.3, -0.25) is 4.79 Å². The highest BCUT2D eigenvalue weighted by atomic mass is 16.7. The molecule has 0 spiro atoms. The summed E-state index contributed by atoms with van der Waals surface area (Å²) in [5.74, 6) is 2.36. The van der Waals surface area contributed by atoms with Gasteiger partial charge in [0.15, 0.2) is 17.3 Å². The number of rotatable bonds is 4. The second-order valence-corrected chi connectivity index (χ2v) is 8.36. The summed E-state index contributed by atoms with van der Waals surface area (Å²) in [7, 11) is 0. The van der Waals surface area contributed by atoms with Crippen molar-refractivity contribution in [2.45, 2.75) is 31.8 Å². The topological polar surface area (TPSA) is 56.8 Å². The molecule has 1 unspecified atom stereocenters. The predicted octanol–water partition coefficient (Wildman–Crippen LogP) is 5.56. The molecule has 5 heteroatoms. The van der Waals surface area contributed by atoms with Gasteiger partial charge in [0.25, 0.3) is 0 Å². The molecule has 0 bridgehead atoms. The van der Waals surface area contributed by atoms with Crippen LogP contribution >= 0.6 is 0 Å². The molecule has 3 aromatic carbocycles. The monoisotopic (exact) mass is 425 g/mol. The fourth-order valence-electron chi connectivity index (χ4n) is 4.79. The average Bonchev–Trinajstić information content (AvgIpc) is 3.29. The van der Waals surface area contributed by atoms with Crippen LogP contribution in [0, 0.1) is 0 Å². The van der Waals surface area contributed by atoms with Crippen LogP contribution in [-0.4, -0.2) is 12.6 Å². The number of anilines is 1. The quantitative estimate of drug-likeness (QED) is 0.593. The molecule has 2 aliphatic heterocycles. The van der Waals surface area contributed by atoms with Gasteiger partial charge in [0.05, 0.1) is 0 Å². The lowest BCUT2D eigenvalue weighted by Crippen LogP contribution is -2.26. The molecule has 6 rings (SSSR count). The zero-order valence-corrected chi connectivity index (χ0v) is 17.6. The number of ketones is 1. The van der Waals surface area contributed by atoms with E-state index in [2.05, 4.69) is 17.4 Å². The van der Waals surface area contributed by atoms with E-state index >= 15 is 0 Å². The molecule has 32 heavy (non-hydrogen) atoms. The van der Waals surface area contributed by atoms with Crippen LogP contribution in [-0.2, 0) is 11.4 Å². The summed E-state index contributed by atoms with van der Waals surface area (Å²) in [5.41, 5.74) is 6.13. The van der Waals surface area contributed by atoms with Crippen molar-refractivity contribution in [1.29, 1.82) is 0 Å². The first-order valence-corrected chi connectivity index (χ1v) is 11.0. The molecule has 3 aliphatic rings. The molecule has 0 amide bonds. The van der Waals surface area contributed by atoms with E-state index in [4.69, 9.17) is 14.2 Å². The van der Waals surface area contributed by atoms with Crippen molar-refractivity contribution < 1.29 is 19.0 Å². The molecule has 0 saturated carbocycles. The molecule has 0 aromatic heterocycles. The molecular weight excluding hydrogens is 402 g/mol. The maximum Gasteiger partial charge on any atom is 0.231 e. The summed E-state index contributed by atoms with van der Waals surface area (Å²) in [6.07, 6.45) is 2.35. The van der Waals surface area contributed by atoms with Crippen LogP contribution in [0.25, 0.3) is 0 Å². The summed E-state index contributed by atoms with van der Waals surface area (Å²) in [6, 6.07) is 22.2. The van der Waals surface area contributed by atoms with Gasteiger partial charge in [0.2, 0.25) is 6.79 Å². The largest absolute Gasteiger partial charge is 0.489 e. The lowest BCUT2D eigenvalue weighted by atomic mass is 9.75. The van der Waals surface area contributed by atoms with Crippen molar-refractivity contribution in [3.8, 4) is 17.2 Å². The van der Waals surface area contributed by atoms with E-state index in [0.717, 1.165) is 63.7 Å². The molecule has 5 nitrogen and oxygen atoms in total. The van der Waals surface area contributed by atoms with Crippen molar-refractivity contribution in [2.24, 2.45) is 0 Å². The van der Waals surface area contributed by atoms with Gasteiger partial charge >= 0.3 is 0 Å². The number of hydrogen-bond donors (Lipinski definition) is 1. The summed E-state index contributed by atoms with van der Waals surface area (Å²) < 4.78 is 17.2. The minimum absolute atomic E-state index is 0.133. The predicted molar refractivity (Wildman–Crippen MR) is 121 cm³/mol. The smallest absolute Gasteiger partial charge is 0.231 e. The Morgan fingerprint density at radius 1 is 0.938 bits per heavy atom. The molecule has 3 aromatic rings.